The van der Waals surface area contributed by atoms with Crippen LogP contribution in [0.4, 0.5) is 0 Å². The van der Waals surface area contributed by atoms with Crippen LogP contribution >= 0.6 is 0 Å². The average molecular weight is 486 g/mol. The SMILES string of the molecule is CN1CCN(S(=O)(=O)c2ccc(-c3noc(C4CCN(C(=O)c5ccco5)CC4)n3)cc2)CC1. The first-order valence-corrected chi connectivity index (χ1v) is 12.8. The minimum absolute atomic E-state index is 0.0683. The summed E-state index contributed by atoms with van der Waals surface area (Å²) in [5, 5.41) is 4.10. The van der Waals surface area contributed by atoms with Crippen LogP contribution in [-0.2, 0) is 10.0 Å². The van der Waals surface area contributed by atoms with Gasteiger partial charge in [0.15, 0.2) is 5.76 Å². The van der Waals surface area contributed by atoms with Crippen LogP contribution in [-0.4, -0.2) is 84.9 Å². The molecule has 3 aromatic rings. The molecular formula is C23H27N5O5S. The van der Waals surface area contributed by atoms with Gasteiger partial charge in [0.2, 0.25) is 21.7 Å². The fourth-order valence-corrected chi connectivity index (χ4v) is 5.78. The average Bonchev–Trinajstić information content (AvgIpc) is 3.57. The van der Waals surface area contributed by atoms with Gasteiger partial charge in [-0.05, 0) is 56.3 Å². The normalized spacial score (nSPS) is 18.9. The quantitative estimate of drug-likeness (QED) is 0.541. The molecule has 0 spiro atoms. The Hall–Kier alpha value is -3.02. The van der Waals surface area contributed by atoms with Crippen LogP contribution in [0.2, 0.25) is 0 Å². The van der Waals surface area contributed by atoms with Gasteiger partial charge in [-0.3, -0.25) is 4.79 Å². The molecular weight excluding hydrogens is 458 g/mol. The number of aromatic nitrogens is 2. The number of carbonyl (C=O) groups is 1. The van der Waals surface area contributed by atoms with E-state index in [1.165, 1.54) is 10.6 Å². The fourth-order valence-electron chi connectivity index (χ4n) is 4.36. The van der Waals surface area contributed by atoms with Crippen molar-refractivity contribution >= 4 is 15.9 Å². The molecule has 180 valence electrons. The van der Waals surface area contributed by atoms with Gasteiger partial charge in [0, 0.05) is 50.7 Å². The maximum Gasteiger partial charge on any atom is 0.289 e. The van der Waals surface area contributed by atoms with Crippen LogP contribution < -0.4 is 0 Å². The Kier molecular flexibility index (Phi) is 6.24. The van der Waals surface area contributed by atoms with Gasteiger partial charge >= 0.3 is 0 Å². The number of nitrogens with zero attached hydrogens (tertiary/aromatic N) is 5. The number of rotatable bonds is 5. The highest BCUT2D eigenvalue weighted by Crippen LogP contribution is 2.29. The zero-order valence-electron chi connectivity index (χ0n) is 19.0. The lowest BCUT2D eigenvalue weighted by Gasteiger charge is -2.31. The summed E-state index contributed by atoms with van der Waals surface area (Å²) in [6, 6.07) is 9.98. The van der Waals surface area contributed by atoms with Crippen LogP contribution in [0.15, 0.2) is 56.5 Å². The summed E-state index contributed by atoms with van der Waals surface area (Å²) >= 11 is 0. The lowest BCUT2D eigenvalue weighted by Crippen LogP contribution is -2.46. The predicted octanol–water partition coefficient (Wildman–Crippen LogP) is 2.29. The van der Waals surface area contributed by atoms with Gasteiger partial charge in [0.25, 0.3) is 5.91 Å². The minimum Gasteiger partial charge on any atom is -0.459 e. The van der Waals surface area contributed by atoms with E-state index < -0.39 is 10.0 Å². The number of hydrogen-bond acceptors (Lipinski definition) is 8. The lowest BCUT2D eigenvalue weighted by molar-refractivity contribution is 0.0672. The maximum absolute atomic E-state index is 12.9. The lowest BCUT2D eigenvalue weighted by atomic mass is 9.96. The molecule has 2 aliphatic heterocycles. The van der Waals surface area contributed by atoms with Crippen molar-refractivity contribution in [3.63, 3.8) is 0 Å². The summed E-state index contributed by atoms with van der Waals surface area (Å²) < 4.78 is 38.1. The first kappa shape index (κ1) is 22.8. The molecule has 2 aliphatic rings. The summed E-state index contributed by atoms with van der Waals surface area (Å²) in [7, 11) is -1.53. The summed E-state index contributed by atoms with van der Waals surface area (Å²) in [4.78, 5) is 21.1. The van der Waals surface area contributed by atoms with E-state index in [0.29, 0.717) is 49.2 Å². The Labute approximate surface area is 198 Å². The molecule has 0 saturated carbocycles. The summed E-state index contributed by atoms with van der Waals surface area (Å²) in [5.74, 6) is 1.26. The summed E-state index contributed by atoms with van der Waals surface area (Å²) in [5.41, 5.74) is 0.692. The number of piperazine rings is 1. The van der Waals surface area contributed by atoms with Crippen molar-refractivity contribution in [2.24, 2.45) is 0 Å². The largest absolute Gasteiger partial charge is 0.459 e. The number of hydrogen-bond donors (Lipinski definition) is 0. The van der Waals surface area contributed by atoms with E-state index in [1.54, 1.807) is 41.3 Å². The zero-order chi connectivity index (χ0) is 23.7. The highest BCUT2D eigenvalue weighted by atomic mass is 32.2. The molecule has 1 aromatic carbocycles. The van der Waals surface area contributed by atoms with Crippen LogP contribution in [0.5, 0.6) is 0 Å². The maximum atomic E-state index is 12.9. The number of amides is 1. The van der Waals surface area contributed by atoms with Crippen molar-refractivity contribution in [1.82, 2.24) is 24.2 Å². The Morgan fingerprint density at radius 1 is 1.00 bits per heavy atom. The molecule has 0 atom stereocenters. The smallest absolute Gasteiger partial charge is 0.289 e. The molecule has 0 N–H and O–H groups in total. The molecule has 11 heteroatoms. The second-order valence-electron chi connectivity index (χ2n) is 8.73. The van der Waals surface area contributed by atoms with Gasteiger partial charge < -0.3 is 18.7 Å². The van der Waals surface area contributed by atoms with Crippen molar-refractivity contribution < 1.29 is 22.2 Å². The molecule has 10 nitrogen and oxygen atoms in total. The first-order chi connectivity index (χ1) is 16.4. The first-order valence-electron chi connectivity index (χ1n) is 11.4. The highest BCUT2D eigenvalue weighted by molar-refractivity contribution is 7.89. The van der Waals surface area contributed by atoms with Crippen LogP contribution in [0.1, 0.15) is 35.2 Å². The third kappa shape index (κ3) is 4.50. The van der Waals surface area contributed by atoms with Gasteiger partial charge in [-0.15, -0.1) is 0 Å². The second kappa shape index (κ2) is 9.32. The molecule has 5 rings (SSSR count). The number of likely N-dealkylation sites (tertiary alicyclic amines) is 1. The monoisotopic (exact) mass is 485 g/mol. The van der Waals surface area contributed by atoms with Gasteiger partial charge in [0.1, 0.15) is 0 Å². The van der Waals surface area contributed by atoms with E-state index >= 15 is 0 Å². The number of furan rings is 1. The number of piperidine rings is 1. The van der Waals surface area contributed by atoms with Gasteiger partial charge in [-0.25, -0.2) is 8.42 Å². The predicted molar refractivity (Wildman–Crippen MR) is 123 cm³/mol. The van der Waals surface area contributed by atoms with Crippen molar-refractivity contribution in [1.29, 1.82) is 0 Å². The molecule has 2 fully saturated rings. The molecule has 1 amide bonds. The third-order valence-corrected chi connectivity index (χ3v) is 8.43. The molecule has 0 bridgehead atoms. The standard InChI is InChI=1S/C23H27N5O5S/c1-26-12-14-28(15-13-26)34(30,31)19-6-4-17(5-7-19)21-24-22(33-25-21)18-8-10-27(11-9-18)23(29)20-3-2-16-32-20/h2-7,16,18H,8-15H2,1H3. The zero-order valence-corrected chi connectivity index (χ0v) is 19.8. The van der Waals surface area contributed by atoms with E-state index in [1.807, 2.05) is 7.05 Å². The Balaban J connectivity index is 1.22. The Morgan fingerprint density at radius 3 is 2.35 bits per heavy atom. The van der Waals surface area contributed by atoms with E-state index in [0.717, 1.165) is 25.9 Å². The molecule has 0 aliphatic carbocycles. The van der Waals surface area contributed by atoms with E-state index in [2.05, 4.69) is 15.0 Å². The van der Waals surface area contributed by atoms with Crippen LogP contribution in [0, 0.1) is 0 Å². The summed E-state index contributed by atoms with van der Waals surface area (Å²) in [6.07, 6.45) is 2.93. The minimum atomic E-state index is -3.52. The third-order valence-electron chi connectivity index (χ3n) is 6.52. The van der Waals surface area contributed by atoms with Gasteiger partial charge in [-0.1, -0.05) is 5.16 Å². The van der Waals surface area contributed by atoms with Crippen molar-refractivity contribution in [3.05, 3.63) is 54.3 Å². The van der Waals surface area contributed by atoms with Crippen molar-refractivity contribution in [3.8, 4) is 11.4 Å². The van der Waals surface area contributed by atoms with E-state index in [-0.39, 0.29) is 16.7 Å². The fraction of sp³-hybridized carbons (Fsp3) is 0.435. The van der Waals surface area contributed by atoms with Gasteiger partial charge in [-0.2, -0.15) is 9.29 Å². The molecule has 0 radical (unpaired) electrons. The Morgan fingerprint density at radius 2 is 1.71 bits per heavy atom. The van der Waals surface area contributed by atoms with Crippen molar-refractivity contribution in [2.75, 3.05) is 46.3 Å². The summed E-state index contributed by atoms with van der Waals surface area (Å²) in [6.45, 7) is 3.58. The topological polar surface area (TPSA) is 113 Å². The van der Waals surface area contributed by atoms with E-state index in [4.69, 9.17) is 8.94 Å². The van der Waals surface area contributed by atoms with Crippen LogP contribution in [0.25, 0.3) is 11.4 Å². The van der Waals surface area contributed by atoms with Gasteiger partial charge in [0.05, 0.1) is 11.2 Å². The molecule has 2 aromatic heterocycles. The number of likely N-dealkylation sites (N-methyl/N-ethyl adjacent to an activating group) is 1. The number of carbonyl (C=O) groups excluding carboxylic acids is 1. The number of sulfonamides is 1. The molecule has 0 unspecified atom stereocenters. The number of benzene rings is 1. The second-order valence-corrected chi connectivity index (χ2v) is 10.7. The van der Waals surface area contributed by atoms with Crippen molar-refractivity contribution in [2.45, 2.75) is 23.7 Å². The molecule has 4 heterocycles. The molecule has 34 heavy (non-hydrogen) atoms. The Bertz CT molecular complexity index is 1220. The molecule has 2 saturated heterocycles. The van der Waals surface area contributed by atoms with Crippen LogP contribution in [0.3, 0.4) is 0 Å². The van der Waals surface area contributed by atoms with E-state index in [9.17, 15) is 13.2 Å². The highest BCUT2D eigenvalue weighted by Gasteiger charge is 2.30.